The summed E-state index contributed by atoms with van der Waals surface area (Å²) in [5.41, 5.74) is 1.34. The van der Waals surface area contributed by atoms with Crippen LogP contribution in [0.15, 0.2) is 67.3 Å². The van der Waals surface area contributed by atoms with Gasteiger partial charge in [-0.1, -0.05) is 24.3 Å². The molecule has 1 N–H and O–H groups in total. The molecule has 0 radical (unpaired) electrons. The number of nitrogens with zero attached hydrogens (tertiary/aromatic N) is 4. The van der Waals surface area contributed by atoms with E-state index < -0.39 is 11.5 Å². The zero-order valence-electron chi connectivity index (χ0n) is 23.9. The monoisotopic (exact) mass is 571 g/mol. The second kappa shape index (κ2) is 12.0. The van der Waals surface area contributed by atoms with E-state index in [9.17, 15) is 14.4 Å². The van der Waals surface area contributed by atoms with Crippen LogP contribution in [0.4, 0.5) is 0 Å². The molecule has 10 heteroatoms. The summed E-state index contributed by atoms with van der Waals surface area (Å²) in [6.07, 6.45) is 7.50. The second-order valence-corrected chi connectivity index (χ2v) is 11.6. The molecular formula is C32H37N5O5. The zero-order valence-corrected chi connectivity index (χ0v) is 23.9. The number of piperidine rings is 1. The number of hydrogen-bond donors (Lipinski definition) is 1. The first-order valence-electron chi connectivity index (χ1n) is 14.7. The molecule has 1 saturated carbocycles. The van der Waals surface area contributed by atoms with E-state index in [0.717, 1.165) is 24.0 Å². The van der Waals surface area contributed by atoms with E-state index in [4.69, 9.17) is 9.47 Å². The molecule has 1 aliphatic carbocycles. The van der Waals surface area contributed by atoms with Gasteiger partial charge >= 0.3 is 0 Å². The van der Waals surface area contributed by atoms with Crippen molar-refractivity contribution in [3.05, 3.63) is 78.4 Å². The van der Waals surface area contributed by atoms with Gasteiger partial charge in [-0.25, -0.2) is 4.98 Å². The molecule has 0 spiro atoms. The number of benzene rings is 2. The molecule has 3 aromatic rings. The highest BCUT2D eigenvalue weighted by molar-refractivity contribution is 5.87. The smallest absolute Gasteiger partial charge is 0.239 e. The quantitative estimate of drug-likeness (QED) is 0.516. The fraction of sp³-hybridized carbons (Fsp3) is 0.438. The minimum atomic E-state index is -0.419. The lowest BCUT2D eigenvalue weighted by atomic mass is 9.97. The van der Waals surface area contributed by atoms with Crippen LogP contribution in [0.3, 0.4) is 0 Å². The molecule has 42 heavy (non-hydrogen) atoms. The van der Waals surface area contributed by atoms with Gasteiger partial charge in [-0.05, 0) is 61.6 Å². The molecule has 2 aliphatic heterocycles. The predicted molar refractivity (Wildman–Crippen MR) is 155 cm³/mol. The van der Waals surface area contributed by atoms with Crippen LogP contribution in [0.25, 0.3) is 0 Å². The van der Waals surface area contributed by atoms with Gasteiger partial charge in [0, 0.05) is 38.6 Å². The summed E-state index contributed by atoms with van der Waals surface area (Å²) in [6, 6.07) is 14.8. The van der Waals surface area contributed by atoms with Gasteiger partial charge < -0.3 is 29.2 Å². The fourth-order valence-corrected chi connectivity index (χ4v) is 5.95. The summed E-state index contributed by atoms with van der Waals surface area (Å²) in [5.74, 6) is 1.03. The van der Waals surface area contributed by atoms with Gasteiger partial charge in [0.15, 0.2) is 0 Å². The SMILES string of the molecule is CCN1CC(=O)N[C@H]2CN(C(=O)C3(Cn4ccnc4)CC3)CC[C@@H]2OCc2cccc(c2)Oc2cccc(c2)CC1=O. The Morgan fingerprint density at radius 1 is 1.10 bits per heavy atom. The van der Waals surface area contributed by atoms with Gasteiger partial charge in [-0.2, -0.15) is 0 Å². The van der Waals surface area contributed by atoms with Crippen LogP contribution in [0.5, 0.6) is 11.5 Å². The summed E-state index contributed by atoms with van der Waals surface area (Å²) < 4.78 is 14.5. The van der Waals surface area contributed by atoms with E-state index in [2.05, 4.69) is 10.3 Å². The van der Waals surface area contributed by atoms with E-state index in [1.807, 2.05) is 71.1 Å². The third-order valence-corrected chi connectivity index (χ3v) is 8.46. The molecular weight excluding hydrogens is 534 g/mol. The molecule has 0 unspecified atom stereocenters. The van der Waals surface area contributed by atoms with E-state index >= 15 is 0 Å². The first-order valence-corrected chi connectivity index (χ1v) is 14.7. The summed E-state index contributed by atoms with van der Waals surface area (Å²) in [5, 5.41) is 3.12. The zero-order chi connectivity index (χ0) is 29.1. The molecule has 3 heterocycles. The summed E-state index contributed by atoms with van der Waals surface area (Å²) in [7, 11) is 0. The number of amides is 3. The highest BCUT2D eigenvalue weighted by Crippen LogP contribution is 2.49. The number of carbonyl (C=O) groups is 3. The number of nitrogens with one attached hydrogen (secondary N) is 1. The van der Waals surface area contributed by atoms with Crippen molar-refractivity contribution < 1.29 is 23.9 Å². The molecule has 2 aromatic carbocycles. The normalized spacial score (nSPS) is 22.4. The molecule has 3 aliphatic rings. The molecule has 1 aromatic heterocycles. The lowest BCUT2D eigenvalue weighted by Gasteiger charge is -2.40. The average molecular weight is 572 g/mol. The van der Waals surface area contributed by atoms with Crippen LogP contribution < -0.4 is 10.1 Å². The van der Waals surface area contributed by atoms with Crippen molar-refractivity contribution in [2.45, 2.75) is 57.9 Å². The minimum Gasteiger partial charge on any atom is -0.457 e. The number of aromatic nitrogens is 2. The van der Waals surface area contributed by atoms with E-state index in [-0.39, 0.29) is 36.8 Å². The third kappa shape index (κ3) is 6.33. The largest absolute Gasteiger partial charge is 0.457 e. The van der Waals surface area contributed by atoms with Crippen LogP contribution in [0.1, 0.15) is 37.3 Å². The van der Waals surface area contributed by atoms with Crippen molar-refractivity contribution in [1.82, 2.24) is 24.7 Å². The summed E-state index contributed by atoms with van der Waals surface area (Å²) >= 11 is 0. The Hall–Kier alpha value is -4.18. The highest BCUT2D eigenvalue weighted by Gasteiger charge is 2.53. The first kappa shape index (κ1) is 28.0. The topological polar surface area (TPSA) is 106 Å². The van der Waals surface area contributed by atoms with Crippen molar-refractivity contribution in [1.29, 1.82) is 0 Å². The molecule has 4 bridgehead atoms. The number of carbonyl (C=O) groups excluding carboxylic acids is 3. The maximum absolute atomic E-state index is 13.7. The lowest BCUT2D eigenvalue weighted by Crippen LogP contribution is -2.59. The predicted octanol–water partition coefficient (Wildman–Crippen LogP) is 3.16. The van der Waals surface area contributed by atoms with Crippen molar-refractivity contribution in [2.24, 2.45) is 5.41 Å². The molecule has 2 atom stereocenters. The van der Waals surface area contributed by atoms with Crippen LogP contribution in [-0.2, 0) is 38.7 Å². The maximum Gasteiger partial charge on any atom is 0.239 e. The van der Waals surface area contributed by atoms with E-state index in [0.29, 0.717) is 50.7 Å². The van der Waals surface area contributed by atoms with Crippen LogP contribution in [0, 0.1) is 5.41 Å². The van der Waals surface area contributed by atoms with Gasteiger partial charge in [0.25, 0.3) is 0 Å². The molecule has 3 amide bonds. The van der Waals surface area contributed by atoms with Crippen molar-refractivity contribution in [3.63, 3.8) is 0 Å². The molecule has 10 nitrogen and oxygen atoms in total. The van der Waals surface area contributed by atoms with Gasteiger partial charge in [0.1, 0.15) is 11.5 Å². The van der Waals surface area contributed by atoms with E-state index in [1.54, 1.807) is 17.4 Å². The van der Waals surface area contributed by atoms with Crippen molar-refractivity contribution >= 4 is 17.7 Å². The number of likely N-dealkylation sites (N-methyl/N-ethyl adjacent to an activating group) is 1. The Balaban J connectivity index is 1.22. The Bertz CT molecular complexity index is 1440. The lowest BCUT2D eigenvalue weighted by molar-refractivity contribution is -0.143. The highest BCUT2D eigenvalue weighted by atomic mass is 16.5. The summed E-state index contributed by atoms with van der Waals surface area (Å²) in [6.45, 7) is 4.06. The number of rotatable bonds is 4. The third-order valence-electron chi connectivity index (χ3n) is 8.46. The number of likely N-dealkylation sites (tertiary alicyclic amines) is 1. The number of fused-ring (bicyclic) bond motifs is 5. The standard InChI is InChI=1S/C32H37N5O5/c1-2-36-19-29(38)34-27-18-37(31(40)32(10-11-32)21-35-14-12-33-22-35)13-9-28(27)41-20-24-6-4-8-26(16-24)42-25-7-3-5-23(15-25)17-30(36)39/h3-8,12,14-16,22,27-28H,2,9-11,13,17-21H2,1H3,(H,34,38)/t27-,28-/m0/s1. The van der Waals surface area contributed by atoms with Crippen LogP contribution >= 0.6 is 0 Å². The van der Waals surface area contributed by atoms with Gasteiger partial charge in [0.2, 0.25) is 17.7 Å². The Labute approximate surface area is 245 Å². The Morgan fingerprint density at radius 2 is 1.86 bits per heavy atom. The molecule has 1 saturated heterocycles. The molecule has 6 rings (SSSR count). The first-order chi connectivity index (χ1) is 20.4. The van der Waals surface area contributed by atoms with Crippen molar-refractivity contribution in [3.8, 4) is 11.5 Å². The Morgan fingerprint density at radius 3 is 2.57 bits per heavy atom. The fourth-order valence-electron chi connectivity index (χ4n) is 5.95. The van der Waals surface area contributed by atoms with E-state index in [1.165, 1.54) is 0 Å². The van der Waals surface area contributed by atoms with Gasteiger partial charge in [-0.3, -0.25) is 14.4 Å². The van der Waals surface area contributed by atoms with Gasteiger partial charge in [0.05, 0.1) is 43.5 Å². The van der Waals surface area contributed by atoms with Crippen LogP contribution in [-0.4, -0.2) is 75.4 Å². The minimum absolute atomic E-state index is 0.0615. The number of hydrogen-bond acceptors (Lipinski definition) is 6. The Kier molecular flexibility index (Phi) is 7.97. The number of ether oxygens (including phenoxy) is 2. The second-order valence-electron chi connectivity index (χ2n) is 11.6. The summed E-state index contributed by atoms with van der Waals surface area (Å²) in [4.78, 5) is 47.8. The average Bonchev–Trinajstić information content (AvgIpc) is 3.58. The van der Waals surface area contributed by atoms with Gasteiger partial charge in [-0.15, -0.1) is 0 Å². The molecule has 220 valence electrons. The van der Waals surface area contributed by atoms with Crippen LogP contribution in [0.2, 0.25) is 0 Å². The molecule has 2 fully saturated rings. The maximum atomic E-state index is 13.7. The number of imidazole rings is 1. The van der Waals surface area contributed by atoms with Crippen molar-refractivity contribution in [2.75, 3.05) is 26.2 Å².